The van der Waals surface area contributed by atoms with Crippen molar-refractivity contribution in [1.82, 2.24) is 0 Å². The van der Waals surface area contributed by atoms with Crippen LogP contribution in [-0.2, 0) is 4.89 Å². The molecule has 0 unspecified atom stereocenters. The van der Waals surface area contributed by atoms with Crippen LogP contribution in [0.1, 0.15) is 1.43 Å². The Kier molecular flexibility index (Phi) is 21.5. The van der Waals surface area contributed by atoms with E-state index in [1.165, 1.54) is 0 Å². The largest absolute Gasteiger partial charge is 1.00 e. The Morgan fingerprint density at radius 3 is 1.86 bits per heavy atom. The van der Waals surface area contributed by atoms with Gasteiger partial charge in [0.1, 0.15) is 0 Å². The molecule has 0 heterocycles. The van der Waals surface area contributed by atoms with E-state index in [9.17, 15) is 0 Å². The summed E-state index contributed by atoms with van der Waals surface area (Å²) in [6.45, 7) is 0. The van der Waals surface area contributed by atoms with Gasteiger partial charge in [-0.2, -0.15) is 5.26 Å². The van der Waals surface area contributed by atoms with Crippen LogP contribution in [0.25, 0.3) is 0 Å². The maximum Gasteiger partial charge on any atom is 1.00 e. The minimum Gasteiger partial charge on any atom is -1.00 e. The molecule has 38 valence electrons. The summed E-state index contributed by atoms with van der Waals surface area (Å²) in [6, 6.07) is 0. The summed E-state index contributed by atoms with van der Waals surface area (Å²) in [5.74, 6) is 0. The first kappa shape index (κ1) is 15.7. The van der Waals surface area contributed by atoms with E-state index in [2.05, 4.69) is 4.89 Å². The van der Waals surface area contributed by atoms with E-state index in [-0.39, 0.29) is 37.6 Å². The van der Waals surface area contributed by atoms with Crippen molar-refractivity contribution in [3.8, 4) is 0 Å². The molecule has 0 fully saturated rings. The third kappa shape index (κ3) is 21.7. The van der Waals surface area contributed by atoms with Gasteiger partial charge in [-0.3, -0.25) is 4.89 Å². The van der Waals surface area contributed by atoms with Gasteiger partial charge in [-0.05, 0) is 0 Å². The second-order valence-corrected chi connectivity index (χ2v) is 0.357. The fraction of sp³-hybridized carbons (Fsp3) is 0. The molecular formula is CH6AlLiO4. The van der Waals surface area contributed by atoms with Crippen LogP contribution in [0.4, 0.5) is 4.79 Å². The third-order valence-corrected chi connectivity index (χ3v) is 0.0781. The summed E-state index contributed by atoms with van der Waals surface area (Å²) >= 11 is 0. The van der Waals surface area contributed by atoms with Crippen LogP contribution in [0.3, 0.4) is 0 Å². The molecular weight excluding hydrogens is 110 g/mol. The normalized spacial score (nSPS) is 4.71. The molecule has 0 saturated heterocycles. The Hall–Kier alpha value is 0.360. The average molecular weight is 116 g/mol. The maximum absolute atomic E-state index is 8.90. The molecule has 0 atom stereocenters. The van der Waals surface area contributed by atoms with E-state index in [0.29, 0.717) is 0 Å². The molecule has 6 heteroatoms. The Bertz CT molecular complexity index is 51.3. The van der Waals surface area contributed by atoms with Crippen molar-refractivity contribution in [2.45, 2.75) is 0 Å². The van der Waals surface area contributed by atoms with Gasteiger partial charge in [0.25, 0.3) is 0 Å². The first-order valence-corrected chi connectivity index (χ1v) is 0.814. The molecule has 0 rings (SSSR count). The topological polar surface area (TPSA) is 66.8 Å². The van der Waals surface area contributed by atoms with Gasteiger partial charge in [0.2, 0.25) is 0 Å². The van der Waals surface area contributed by atoms with Crippen molar-refractivity contribution in [3.63, 3.8) is 0 Å². The van der Waals surface area contributed by atoms with Crippen LogP contribution in [0.2, 0.25) is 0 Å². The Labute approximate surface area is 64.2 Å². The first-order valence-electron chi connectivity index (χ1n) is 0.814. The van der Waals surface area contributed by atoms with Gasteiger partial charge in [0.15, 0.2) is 17.4 Å². The molecule has 7 heavy (non-hydrogen) atoms. The van der Waals surface area contributed by atoms with Gasteiger partial charge in [0, 0.05) is 0 Å². The number of hydrogen-bond acceptors (Lipinski definition) is 3. The zero-order valence-electron chi connectivity index (χ0n) is 4.21. The summed E-state index contributed by atoms with van der Waals surface area (Å²) in [5, 5.41) is 14.3. The number of hydrogen-bond donors (Lipinski definition) is 2. The molecule has 0 bridgehead atoms. The van der Waals surface area contributed by atoms with Gasteiger partial charge in [0.05, 0.1) is 0 Å². The molecule has 0 saturated carbocycles. The first-order chi connectivity index (χ1) is 2.27. The zero-order chi connectivity index (χ0) is 4.28. The van der Waals surface area contributed by atoms with Crippen molar-refractivity contribution in [2.75, 3.05) is 0 Å². The van der Waals surface area contributed by atoms with Crippen LogP contribution in [0, 0.1) is 0 Å². The summed E-state index contributed by atoms with van der Waals surface area (Å²) < 4.78 is 0. The van der Waals surface area contributed by atoms with Crippen LogP contribution in [0.15, 0.2) is 0 Å². The van der Waals surface area contributed by atoms with Crippen LogP contribution < -0.4 is 18.9 Å². The van der Waals surface area contributed by atoms with Gasteiger partial charge in [-0.25, -0.2) is 4.79 Å². The number of carbonyl (C=O) groups is 1. The molecule has 0 aliphatic carbocycles. The summed E-state index contributed by atoms with van der Waals surface area (Å²) in [7, 11) is 0. The minimum atomic E-state index is -1.69. The molecule has 4 nitrogen and oxygen atoms in total. The predicted molar refractivity (Wildman–Crippen MR) is 22.8 cm³/mol. The van der Waals surface area contributed by atoms with Crippen LogP contribution in [0.5, 0.6) is 0 Å². The Morgan fingerprint density at radius 1 is 1.71 bits per heavy atom. The van der Waals surface area contributed by atoms with Crippen molar-refractivity contribution in [1.29, 1.82) is 0 Å². The number of carboxylic acid groups (broad SMARTS) is 1. The van der Waals surface area contributed by atoms with Crippen LogP contribution >= 0.6 is 0 Å². The molecule has 2 N–H and O–H groups in total. The van der Waals surface area contributed by atoms with E-state index in [0.717, 1.165) is 0 Å². The predicted octanol–water partition coefficient (Wildman–Crippen LogP) is -3.91. The molecule has 0 aliphatic heterocycles. The maximum atomic E-state index is 8.90. The summed E-state index contributed by atoms with van der Waals surface area (Å²) in [6.07, 6.45) is -1.69. The number of rotatable bonds is 0. The van der Waals surface area contributed by atoms with Gasteiger partial charge in [-0.15, -0.1) is 0 Å². The standard InChI is InChI=1S/CH2O4.Al.Li.4H/c2-1(3)5-4;;;;;;/h4H,(H,2,3);;;;;;/q;;+1;;;;-1. The average Bonchev–Trinajstić information content (AvgIpc) is 1.38. The zero-order valence-corrected chi connectivity index (χ0v) is 3.21. The molecule has 0 aromatic carbocycles. The molecule has 0 spiro atoms. The third-order valence-electron chi connectivity index (χ3n) is 0.0781. The van der Waals surface area contributed by atoms with E-state index in [1.54, 1.807) is 0 Å². The van der Waals surface area contributed by atoms with E-state index >= 15 is 0 Å². The Morgan fingerprint density at radius 2 is 1.86 bits per heavy atom. The van der Waals surface area contributed by atoms with E-state index < -0.39 is 6.16 Å². The molecule has 0 aromatic rings. The summed E-state index contributed by atoms with van der Waals surface area (Å²) in [5.41, 5.74) is 0. The van der Waals surface area contributed by atoms with Gasteiger partial charge >= 0.3 is 25.0 Å². The monoisotopic (exact) mass is 116 g/mol. The molecule has 0 radical (unpaired) electrons. The van der Waals surface area contributed by atoms with Gasteiger partial charge < -0.3 is 6.53 Å². The smallest absolute Gasteiger partial charge is 1.00 e. The van der Waals surface area contributed by atoms with E-state index in [4.69, 9.17) is 15.2 Å². The van der Waals surface area contributed by atoms with Crippen molar-refractivity contribution >= 4 is 23.5 Å². The summed E-state index contributed by atoms with van der Waals surface area (Å²) in [4.78, 5) is 11.6. The SMILES string of the molecule is O=C(O)OO.[AlH3].[H-].[Li+]. The fourth-order valence-electron chi connectivity index (χ4n) is 0. The molecule has 0 aliphatic rings. The quantitative estimate of drug-likeness (QED) is 0.193. The molecule has 0 aromatic heterocycles. The van der Waals surface area contributed by atoms with Crippen molar-refractivity contribution in [2.24, 2.45) is 0 Å². The second kappa shape index (κ2) is 9.61. The van der Waals surface area contributed by atoms with Gasteiger partial charge in [-0.1, -0.05) is 0 Å². The second-order valence-electron chi connectivity index (χ2n) is 0.357. The molecule has 0 amide bonds. The fourth-order valence-corrected chi connectivity index (χ4v) is 0. The van der Waals surface area contributed by atoms with E-state index in [1.807, 2.05) is 0 Å². The van der Waals surface area contributed by atoms with Crippen molar-refractivity contribution < 1.29 is 40.3 Å². The van der Waals surface area contributed by atoms with Crippen LogP contribution in [-0.4, -0.2) is 33.9 Å². The minimum absolute atomic E-state index is 0. The Balaban J connectivity index is -0.0000000267. The van der Waals surface area contributed by atoms with Crippen molar-refractivity contribution in [3.05, 3.63) is 0 Å².